The molecule has 0 saturated heterocycles. The number of rotatable bonds is 8. The molecule has 2 aromatic carbocycles. The molecule has 3 rings (SSSR count). The number of guanidine groups is 1. The van der Waals surface area contributed by atoms with Gasteiger partial charge in [-0.3, -0.25) is 19.5 Å². The van der Waals surface area contributed by atoms with Crippen LogP contribution in [0.2, 0.25) is 0 Å². The number of aliphatic imine (C=N–C) groups is 1. The third-order valence-electron chi connectivity index (χ3n) is 5.28. The summed E-state index contributed by atoms with van der Waals surface area (Å²) >= 11 is 0. The van der Waals surface area contributed by atoms with Crippen molar-refractivity contribution >= 4 is 17.8 Å². The van der Waals surface area contributed by atoms with Crippen molar-refractivity contribution < 1.29 is 14.3 Å². The average molecular weight is 409 g/mol. The number of ether oxygens (including phenoxy) is 1. The highest BCUT2D eigenvalue weighted by Crippen LogP contribution is 2.22. The van der Waals surface area contributed by atoms with Gasteiger partial charge in [-0.25, -0.2) is 0 Å². The number of amides is 2. The maximum atomic E-state index is 12.4. The second-order valence-electron chi connectivity index (χ2n) is 7.20. The Kier molecular flexibility index (Phi) is 7.06. The molecule has 0 spiro atoms. The fraction of sp³-hybridized carbons (Fsp3) is 0.348. The minimum Gasteiger partial charge on any atom is -0.497 e. The molecule has 1 unspecified atom stereocenters. The van der Waals surface area contributed by atoms with E-state index in [0.29, 0.717) is 29.5 Å². The first-order valence-electron chi connectivity index (χ1n) is 10.1. The molecule has 0 aromatic heterocycles. The molecule has 1 atom stereocenters. The Morgan fingerprint density at radius 3 is 2.17 bits per heavy atom. The van der Waals surface area contributed by atoms with Gasteiger partial charge in [0.25, 0.3) is 11.8 Å². The molecule has 1 aliphatic rings. The van der Waals surface area contributed by atoms with Gasteiger partial charge in [-0.05, 0) is 42.2 Å². The minimum atomic E-state index is -0.242. The molecule has 2 N–H and O–H groups in total. The zero-order chi connectivity index (χ0) is 21.5. The third-order valence-corrected chi connectivity index (χ3v) is 5.28. The predicted octanol–water partition coefficient (Wildman–Crippen LogP) is 2.65. The highest BCUT2D eigenvalue weighted by Gasteiger charge is 2.34. The van der Waals surface area contributed by atoms with Crippen LogP contribution >= 0.6 is 0 Å². The highest BCUT2D eigenvalue weighted by atomic mass is 16.5. The summed E-state index contributed by atoms with van der Waals surface area (Å²) in [4.78, 5) is 30.3. The second kappa shape index (κ2) is 9.91. The highest BCUT2D eigenvalue weighted by molar-refractivity contribution is 6.21. The molecule has 0 radical (unpaired) electrons. The van der Waals surface area contributed by atoms with Crippen LogP contribution in [-0.2, 0) is 0 Å². The van der Waals surface area contributed by atoms with Crippen LogP contribution in [0.5, 0.6) is 5.75 Å². The quantitative estimate of drug-likeness (QED) is 0.399. The van der Waals surface area contributed by atoms with Gasteiger partial charge in [-0.1, -0.05) is 31.2 Å². The molecule has 1 heterocycles. The standard InChI is InChI=1S/C23H28N4O3/c1-16(17-8-10-18(30-3)11-9-17)12-13-25-23(24-2)26-14-15-27-21(28)19-6-4-5-7-20(19)22(27)29/h4-11,16H,12-15H2,1-3H3,(H2,24,25,26). The van der Waals surface area contributed by atoms with Crippen molar-refractivity contribution in [3.63, 3.8) is 0 Å². The van der Waals surface area contributed by atoms with Crippen LogP contribution in [0.1, 0.15) is 45.5 Å². The van der Waals surface area contributed by atoms with Crippen LogP contribution in [0.4, 0.5) is 0 Å². The number of hydrogen-bond donors (Lipinski definition) is 2. The lowest BCUT2D eigenvalue weighted by Crippen LogP contribution is -2.43. The fourth-order valence-corrected chi connectivity index (χ4v) is 3.46. The smallest absolute Gasteiger partial charge is 0.261 e. The second-order valence-corrected chi connectivity index (χ2v) is 7.20. The number of carbonyl (C=O) groups excluding carboxylic acids is 2. The summed E-state index contributed by atoms with van der Waals surface area (Å²) in [6.45, 7) is 3.65. The summed E-state index contributed by atoms with van der Waals surface area (Å²) in [6.07, 6.45) is 0.936. The third kappa shape index (κ3) is 4.79. The number of nitrogens with one attached hydrogen (secondary N) is 2. The molecule has 2 amide bonds. The molecule has 7 heteroatoms. The molecule has 30 heavy (non-hydrogen) atoms. The van der Waals surface area contributed by atoms with E-state index in [1.54, 1.807) is 38.4 Å². The molecule has 2 aromatic rings. The molecular weight excluding hydrogens is 380 g/mol. The van der Waals surface area contributed by atoms with E-state index in [1.165, 1.54) is 10.5 Å². The topological polar surface area (TPSA) is 83.0 Å². The Labute approximate surface area is 177 Å². The van der Waals surface area contributed by atoms with Crippen LogP contribution < -0.4 is 15.4 Å². The Morgan fingerprint density at radius 2 is 1.60 bits per heavy atom. The van der Waals surface area contributed by atoms with E-state index in [1.807, 2.05) is 12.1 Å². The largest absolute Gasteiger partial charge is 0.497 e. The zero-order valence-corrected chi connectivity index (χ0v) is 17.6. The lowest BCUT2D eigenvalue weighted by Gasteiger charge is -2.17. The zero-order valence-electron chi connectivity index (χ0n) is 17.6. The van der Waals surface area contributed by atoms with E-state index in [2.05, 4.69) is 34.7 Å². The summed E-state index contributed by atoms with van der Waals surface area (Å²) in [5, 5.41) is 6.45. The van der Waals surface area contributed by atoms with Crippen molar-refractivity contribution in [3.8, 4) is 5.75 Å². The monoisotopic (exact) mass is 408 g/mol. The molecule has 158 valence electrons. The molecular formula is C23H28N4O3. The number of hydrogen-bond acceptors (Lipinski definition) is 4. The van der Waals surface area contributed by atoms with Crippen molar-refractivity contribution in [3.05, 3.63) is 65.2 Å². The fourth-order valence-electron chi connectivity index (χ4n) is 3.46. The summed E-state index contributed by atoms with van der Waals surface area (Å²) in [7, 11) is 3.36. The van der Waals surface area contributed by atoms with Crippen LogP contribution in [0.25, 0.3) is 0 Å². The van der Waals surface area contributed by atoms with Crippen molar-refractivity contribution in [2.24, 2.45) is 4.99 Å². The Hall–Kier alpha value is -3.35. The molecule has 1 aliphatic heterocycles. The first-order valence-corrected chi connectivity index (χ1v) is 10.1. The summed E-state index contributed by atoms with van der Waals surface area (Å²) in [6, 6.07) is 15.0. The van der Waals surface area contributed by atoms with E-state index in [0.717, 1.165) is 18.7 Å². The summed E-state index contributed by atoms with van der Waals surface area (Å²) < 4.78 is 5.20. The minimum absolute atomic E-state index is 0.242. The number of nitrogens with zero attached hydrogens (tertiary/aromatic N) is 2. The van der Waals surface area contributed by atoms with Crippen LogP contribution in [-0.4, -0.2) is 56.5 Å². The molecule has 7 nitrogen and oxygen atoms in total. The van der Waals surface area contributed by atoms with Gasteiger partial charge in [0.05, 0.1) is 18.2 Å². The number of imide groups is 1. The Bertz CT molecular complexity index is 889. The average Bonchev–Trinajstić information content (AvgIpc) is 3.03. The summed E-state index contributed by atoms with van der Waals surface area (Å²) in [5.74, 6) is 1.41. The molecule has 0 fully saturated rings. The molecule has 0 bridgehead atoms. The van der Waals surface area contributed by atoms with E-state index >= 15 is 0 Å². The van der Waals surface area contributed by atoms with Crippen molar-refractivity contribution in [1.82, 2.24) is 15.5 Å². The Balaban J connectivity index is 1.42. The normalized spacial score (nSPS) is 14.5. The number of methoxy groups -OCH3 is 1. The first kappa shape index (κ1) is 21.4. The molecule has 0 saturated carbocycles. The van der Waals surface area contributed by atoms with Gasteiger partial charge in [0.2, 0.25) is 0 Å². The summed E-state index contributed by atoms with van der Waals surface area (Å²) in [5.41, 5.74) is 2.20. The van der Waals surface area contributed by atoms with Crippen LogP contribution in [0, 0.1) is 0 Å². The lowest BCUT2D eigenvalue weighted by molar-refractivity contribution is 0.0657. The van der Waals surface area contributed by atoms with E-state index in [9.17, 15) is 9.59 Å². The van der Waals surface area contributed by atoms with Gasteiger partial charge in [-0.15, -0.1) is 0 Å². The van der Waals surface area contributed by atoms with Gasteiger partial charge >= 0.3 is 0 Å². The van der Waals surface area contributed by atoms with Gasteiger partial charge in [0.1, 0.15) is 5.75 Å². The first-order chi connectivity index (χ1) is 14.5. The maximum absolute atomic E-state index is 12.4. The van der Waals surface area contributed by atoms with Crippen molar-refractivity contribution in [2.75, 3.05) is 33.8 Å². The predicted molar refractivity (Wildman–Crippen MR) is 117 cm³/mol. The van der Waals surface area contributed by atoms with Gasteiger partial charge < -0.3 is 15.4 Å². The van der Waals surface area contributed by atoms with Crippen LogP contribution in [0.15, 0.2) is 53.5 Å². The van der Waals surface area contributed by atoms with Gasteiger partial charge in [0, 0.05) is 26.7 Å². The van der Waals surface area contributed by atoms with E-state index < -0.39 is 0 Å². The van der Waals surface area contributed by atoms with E-state index in [-0.39, 0.29) is 18.4 Å². The maximum Gasteiger partial charge on any atom is 0.261 e. The van der Waals surface area contributed by atoms with E-state index in [4.69, 9.17) is 4.74 Å². The van der Waals surface area contributed by atoms with Gasteiger partial charge in [0.15, 0.2) is 5.96 Å². The van der Waals surface area contributed by atoms with Crippen molar-refractivity contribution in [1.29, 1.82) is 0 Å². The SMILES string of the molecule is CN=C(NCCC(C)c1ccc(OC)cc1)NCCN1C(=O)c2ccccc2C1=O. The number of benzene rings is 2. The number of fused-ring (bicyclic) bond motifs is 1. The van der Waals surface area contributed by atoms with Gasteiger partial charge in [-0.2, -0.15) is 0 Å². The van der Waals surface area contributed by atoms with Crippen LogP contribution in [0.3, 0.4) is 0 Å². The Morgan fingerprint density at radius 1 is 1.00 bits per heavy atom. The molecule has 0 aliphatic carbocycles. The number of carbonyl (C=O) groups is 2. The lowest BCUT2D eigenvalue weighted by atomic mass is 9.98. The van der Waals surface area contributed by atoms with Crippen molar-refractivity contribution in [2.45, 2.75) is 19.3 Å².